The number of aromatic amines is 1. The number of rotatable bonds is 3. The van der Waals surface area contributed by atoms with Crippen LogP contribution in [0.15, 0.2) is 48.8 Å². The zero-order valence-corrected chi connectivity index (χ0v) is 16.6. The maximum absolute atomic E-state index is 4.94. The first-order valence-corrected chi connectivity index (χ1v) is 10.4. The Bertz CT molecular complexity index is 1210. The predicted molar refractivity (Wildman–Crippen MR) is 112 cm³/mol. The van der Waals surface area contributed by atoms with Crippen molar-refractivity contribution >= 4 is 10.9 Å². The first kappa shape index (κ1) is 16.9. The van der Waals surface area contributed by atoms with Crippen molar-refractivity contribution in [2.75, 3.05) is 13.1 Å². The summed E-state index contributed by atoms with van der Waals surface area (Å²) < 4.78 is 2.23. The molecule has 0 saturated carbocycles. The van der Waals surface area contributed by atoms with Crippen LogP contribution in [0.25, 0.3) is 22.2 Å². The molecule has 1 spiro atoms. The number of pyridine rings is 1. The molecule has 6 rings (SSSR count). The van der Waals surface area contributed by atoms with Crippen LogP contribution in [0.3, 0.4) is 0 Å². The van der Waals surface area contributed by atoms with E-state index < -0.39 is 0 Å². The lowest BCUT2D eigenvalue weighted by molar-refractivity contribution is 0.295. The quantitative estimate of drug-likeness (QED) is 0.585. The second-order valence-electron chi connectivity index (χ2n) is 8.53. The lowest BCUT2D eigenvalue weighted by atomic mass is 9.82. The molecule has 6 nitrogen and oxygen atoms in total. The molecular formula is C23H24N6. The molecule has 1 unspecified atom stereocenters. The molecule has 3 aromatic heterocycles. The van der Waals surface area contributed by atoms with E-state index in [2.05, 4.69) is 54.9 Å². The molecule has 0 radical (unpaired) electrons. The smallest absolute Gasteiger partial charge is 0.120 e. The molecule has 5 heterocycles. The summed E-state index contributed by atoms with van der Waals surface area (Å²) in [7, 11) is 0. The zero-order valence-electron chi connectivity index (χ0n) is 16.6. The monoisotopic (exact) mass is 384 g/mol. The van der Waals surface area contributed by atoms with Gasteiger partial charge in [-0.25, -0.2) is 4.98 Å². The number of para-hydroxylation sites is 1. The van der Waals surface area contributed by atoms with Crippen molar-refractivity contribution in [1.29, 1.82) is 0 Å². The van der Waals surface area contributed by atoms with Crippen molar-refractivity contribution in [1.82, 2.24) is 29.6 Å². The molecule has 6 heteroatoms. The Morgan fingerprint density at radius 3 is 2.93 bits per heavy atom. The molecule has 1 saturated heterocycles. The van der Waals surface area contributed by atoms with Crippen LogP contribution in [0.4, 0.5) is 0 Å². The Hall–Kier alpha value is -2.99. The van der Waals surface area contributed by atoms with E-state index in [1.54, 1.807) is 0 Å². The van der Waals surface area contributed by atoms with Crippen LogP contribution in [-0.2, 0) is 18.5 Å². The number of likely N-dealkylation sites (tertiary alicyclic amines) is 1. The fourth-order valence-corrected chi connectivity index (χ4v) is 5.08. The van der Waals surface area contributed by atoms with Crippen LogP contribution in [0.5, 0.6) is 0 Å². The third-order valence-electron chi connectivity index (χ3n) is 6.58. The molecule has 29 heavy (non-hydrogen) atoms. The molecule has 0 aliphatic carbocycles. The third kappa shape index (κ3) is 2.78. The highest BCUT2D eigenvalue weighted by molar-refractivity contribution is 5.82. The third-order valence-corrected chi connectivity index (χ3v) is 6.58. The molecule has 0 amide bonds. The molecule has 2 aliphatic rings. The van der Waals surface area contributed by atoms with E-state index >= 15 is 0 Å². The van der Waals surface area contributed by atoms with Crippen molar-refractivity contribution in [2.24, 2.45) is 0 Å². The Kier molecular flexibility index (Phi) is 3.65. The predicted octanol–water partition coefficient (Wildman–Crippen LogP) is 3.68. The van der Waals surface area contributed by atoms with Gasteiger partial charge in [0.25, 0.3) is 0 Å². The van der Waals surface area contributed by atoms with Gasteiger partial charge in [0, 0.05) is 47.5 Å². The molecule has 4 aromatic rings. The van der Waals surface area contributed by atoms with Crippen LogP contribution in [-0.4, -0.2) is 42.7 Å². The van der Waals surface area contributed by atoms with Gasteiger partial charge in [0.1, 0.15) is 5.82 Å². The highest BCUT2D eigenvalue weighted by Gasteiger charge is 2.45. The second-order valence-corrected chi connectivity index (χ2v) is 8.53. The standard InChI is InChI=1S/C23H24N6/c1-16-12-25-22(26-16)14-28-8-6-23(15-28)7-9-29-21(23)11-20(27-29)18-10-17-4-2-3-5-19(17)24-13-18/h2-5,10-13H,6-9,14-15H2,1H3,(H,25,26). The Labute approximate surface area is 169 Å². The van der Waals surface area contributed by atoms with E-state index in [9.17, 15) is 0 Å². The lowest BCUT2D eigenvalue weighted by Crippen LogP contribution is -2.29. The fraction of sp³-hybridized carbons (Fsp3) is 0.348. The van der Waals surface area contributed by atoms with E-state index in [4.69, 9.17) is 5.10 Å². The van der Waals surface area contributed by atoms with Crippen molar-refractivity contribution in [3.63, 3.8) is 0 Å². The SMILES string of the molecule is Cc1c[nH]c(CN2CCC3(CCn4nc(-c5cnc6ccccc6c5)cc43)C2)n1. The first-order valence-electron chi connectivity index (χ1n) is 10.4. The first-order chi connectivity index (χ1) is 14.2. The van der Waals surface area contributed by atoms with Gasteiger partial charge in [-0.3, -0.25) is 14.6 Å². The molecule has 1 N–H and O–H groups in total. The van der Waals surface area contributed by atoms with Crippen LogP contribution >= 0.6 is 0 Å². The van der Waals surface area contributed by atoms with E-state index in [-0.39, 0.29) is 5.41 Å². The molecule has 2 aliphatic heterocycles. The lowest BCUT2D eigenvalue weighted by Gasteiger charge is -2.23. The number of nitrogens with zero attached hydrogens (tertiary/aromatic N) is 5. The fourth-order valence-electron chi connectivity index (χ4n) is 5.08. The Morgan fingerprint density at radius 1 is 1.14 bits per heavy atom. The number of nitrogens with one attached hydrogen (secondary N) is 1. The van der Waals surface area contributed by atoms with Gasteiger partial charge in [0.05, 0.1) is 23.4 Å². The van der Waals surface area contributed by atoms with Crippen molar-refractivity contribution in [3.05, 3.63) is 66.0 Å². The minimum Gasteiger partial charge on any atom is -0.347 e. The number of H-pyrrole nitrogens is 1. The van der Waals surface area contributed by atoms with Crippen LogP contribution in [0.2, 0.25) is 0 Å². The largest absolute Gasteiger partial charge is 0.347 e. The van der Waals surface area contributed by atoms with E-state index in [1.807, 2.05) is 25.4 Å². The maximum atomic E-state index is 4.94. The number of fused-ring (bicyclic) bond motifs is 3. The van der Waals surface area contributed by atoms with Crippen molar-refractivity contribution in [3.8, 4) is 11.3 Å². The Morgan fingerprint density at radius 2 is 2.03 bits per heavy atom. The summed E-state index contributed by atoms with van der Waals surface area (Å²) in [4.78, 5) is 15.0. The van der Waals surface area contributed by atoms with Gasteiger partial charge >= 0.3 is 0 Å². The number of aryl methyl sites for hydroxylation is 2. The normalized spacial score (nSPS) is 21.4. The van der Waals surface area contributed by atoms with E-state index in [1.165, 1.54) is 18.5 Å². The summed E-state index contributed by atoms with van der Waals surface area (Å²) in [5, 5.41) is 6.10. The number of aromatic nitrogens is 5. The molecule has 1 fully saturated rings. The molecule has 146 valence electrons. The molecular weight excluding hydrogens is 360 g/mol. The van der Waals surface area contributed by atoms with Crippen LogP contribution in [0, 0.1) is 6.92 Å². The van der Waals surface area contributed by atoms with Gasteiger partial charge in [0.15, 0.2) is 0 Å². The second kappa shape index (κ2) is 6.26. The average molecular weight is 384 g/mol. The zero-order chi connectivity index (χ0) is 19.4. The maximum Gasteiger partial charge on any atom is 0.120 e. The number of hydrogen-bond acceptors (Lipinski definition) is 4. The minimum atomic E-state index is 0.219. The molecule has 1 aromatic carbocycles. The van der Waals surface area contributed by atoms with Crippen LogP contribution < -0.4 is 0 Å². The molecule has 0 bridgehead atoms. The van der Waals surface area contributed by atoms with Gasteiger partial charge in [-0.1, -0.05) is 18.2 Å². The number of imidazole rings is 1. The van der Waals surface area contributed by atoms with E-state index in [0.29, 0.717) is 0 Å². The highest BCUT2D eigenvalue weighted by Crippen LogP contribution is 2.44. The summed E-state index contributed by atoms with van der Waals surface area (Å²) in [5.74, 6) is 1.06. The summed E-state index contributed by atoms with van der Waals surface area (Å²) in [6.07, 6.45) is 6.30. The number of benzene rings is 1. The topological polar surface area (TPSA) is 62.6 Å². The summed E-state index contributed by atoms with van der Waals surface area (Å²) in [6, 6.07) is 12.8. The highest BCUT2D eigenvalue weighted by atomic mass is 15.3. The van der Waals surface area contributed by atoms with Crippen molar-refractivity contribution < 1.29 is 0 Å². The average Bonchev–Trinajstić information content (AvgIpc) is 3.50. The van der Waals surface area contributed by atoms with Gasteiger partial charge in [-0.05, 0) is 44.5 Å². The summed E-state index contributed by atoms with van der Waals surface area (Å²) in [6.45, 7) is 6.12. The van der Waals surface area contributed by atoms with E-state index in [0.717, 1.165) is 59.9 Å². The minimum absolute atomic E-state index is 0.219. The van der Waals surface area contributed by atoms with Gasteiger partial charge in [-0.15, -0.1) is 0 Å². The summed E-state index contributed by atoms with van der Waals surface area (Å²) >= 11 is 0. The van der Waals surface area contributed by atoms with Gasteiger partial charge in [0.2, 0.25) is 0 Å². The summed E-state index contributed by atoms with van der Waals surface area (Å²) in [5.41, 5.74) is 5.83. The van der Waals surface area contributed by atoms with Crippen molar-refractivity contribution in [2.45, 2.75) is 38.3 Å². The van der Waals surface area contributed by atoms with Gasteiger partial charge < -0.3 is 4.98 Å². The molecule has 1 atom stereocenters. The Balaban J connectivity index is 1.28. The van der Waals surface area contributed by atoms with Crippen LogP contribution in [0.1, 0.15) is 30.1 Å². The van der Waals surface area contributed by atoms with Gasteiger partial charge in [-0.2, -0.15) is 5.10 Å². The number of hydrogen-bond donors (Lipinski definition) is 1.